The molecular weight excluding hydrogens is 350 g/mol. The van der Waals surface area contributed by atoms with Crippen LogP contribution in [0.25, 0.3) is 0 Å². The van der Waals surface area contributed by atoms with Crippen molar-refractivity contribution in [3.63, 3.8) is 0 Å². The first-order chi connectivity index (χ1) is 11.4. The molecule has 5 N–H and O–H groups in total. The Bertz CT molecular complexity index is 580. The molecule has 0 spiro atoms. The van der Waals surface area contributed by atoms with Crippen molar-refractivity contribution < 1.29 is 9.59 Å². The minimum atomic E-state index is -0.367. The summed E-state index contributed by atoms with van der Waals surface area (Å²) in [6.07, 6.45) is 5.87. The molecule has 1 fully saturated rings. The van der Waals surface area contributed by atoms with E-state index >= 15 is 0 Å². The smallest absolute Gasteiger partial charge is 0.279 e. The van der Waals surface area contributed by atoms with E-state index in [4.69, 9.17) is 29.6 Å². The zero-order chi connectivity index (χ0) is 17.7. The van der Waals surface area contributed by atoms with Crippen LogP contribution in [0.15, 0.2) is 16.2 Å². The van der Waals surface area contributed by atoms with Crippen molar-refractivity contribution in [1.29, 1.82) is 0 Å². The van der Waals surface area contributed by atoms with Gasteiger partial charge in [0.25, 0.3) is 5.91 Å². The first-order valence-corrected chi connectivity index (χ1v) is 8.67. The van der Waals surface area contributed by atoms with Gasteiger partial charge in [-0.05, 0) is 31.8 Å². The average Bonchev–Trinajstić information content (AvgIpc) is 2.57. The van der Waals surface area contributed by atoms with Crippen molar-refractivity contribution in [3.05, 3.63) is 11.2 Å². The summed E-state index contributed by atoms with van der Waals surface area (Å²) < 4.78 is 0. The lowest BCUT2D eigenvalue weighted by atomic mass is 9.82. The van der Waals surface area contributed by atoms with Gasteiger partial charge in [-0.3, -0.25) is 9.59 Å². The molecule has 0 aromatic rings. The van der Waals surface area contributed by atoms with E-state index in [0.29, 0.717) is 30.8 Å². The summed E-state index contributed by atoms with van der Waals surface area (Å²) in [5.41, 5.74) is 6.13. The molecule has 2 rings (SSSR count). The van der Waals surface area contributed by atoms with E-state index in [1.54, 1.807) is 19.3 Å². The fourth-order valence-electron chi connectivity index (χ4n) is 2.89. The molecule has 9 heteroatoms. The van der Waals surface area contributed by atoms with E-state index in [0.717, 1.165) is 0 Å². The quantitative estimate of drug-likeness (QED) is 0.418. The molecule has 0 aromatic heterocycles. The minimum Gasteiger partial charge on any atom is -0.367 e. The second kappa shape index (κ2) is 8.55. The van der Waals surface area contributed by atoms with Crippen LogP contribution in [0.1, 0.15) is 25.7 Å². The van der Waals surface area contributed by atoms with Gasteiger partial charge < -0.3 is 21.7 Å². The molecule has 1 aliphatic heterocycles. The van der Waals surface area contributed by atoms with E-state index < -0.39 is 0 Å². The number of hydrogen-bond donors (Lipinski definition) is 4. The van der Waals surface area contributed by atoms with E-state index in [9.17, 15) is 9.59 Å². The lowest BCUT2D eigenvalue weighted by molar-refractivity contribution is -0.125. The lowest BCUT2D eigenvalue weighted by Gasteiger charge is -2.34. The molecule has 0 saturated heterocycles. The SMILES string of the molecule is CNC(=O)[C@H]1CC[C@H](NC(=S)C(=O)NC2C=NC(Cl)=CC2)[C@H](N)C1. The highest BCUT2D eigenvalue weighted by Crippen LogP contribution is 2.24. The lowest BCUT2D eigenvalue weighted by Crippen LogP contribution is -2.55. The number of amides is 2. The first kappa shape index (κ1) is 18.8. The molecule has 2 aliphatic rings. The zero-order valence-electron chi connectivity index (χ0n) is 13.4. The Kier molecular flexibility index (Phi) is 6.70. The fraction of sp³-hybridized carbons (Fsp3) is 0.600. The molecule has 1 saturated carbocycles. The molecule has 132 valence electrons. The summed E-state index contributed by atoms with van der Waals surface area (Å²) >= 11 is 10.9. The van der Waals surface area contributed by atoms with Crippen LogP contribution in [0.5, 0.6) is 0 Å². The van der Waals surface area contributed by atoms with Crippen molar-refractivity contribution in [1.82, 2.24) is 16.0 Å². The second-order valence-electron chi connectivity index (χ2n) is 5.99. The Balaban J connectivity index is 1.81. The van der Waals surface area contributed by atoms with Crippen molar-refractivity contribution in [3.8, 4) is 0 Å². The van der Waals surface area contributed by atoms with Gasteiger partial charge in [-0.15, -0.1) is 0 Å². The Labute approximate surface area is 151 Å². The number of nitrogens with two attached hydrogens (primary N) is 1. The molecule has 1 aliphatic carbocycles. The number of nitrogens with one attached hydrogen (secondary N) is 3. The summed E-state index contributed by atoms with van der Waals surface area (Å²) in [7, 11) is 1.62. The summed E-state index contributed by atoms with van der Waals surface area (Å²) in [5, 5.41) is 8.86. The maximum Gasteiger partial charge on any atom is 0.279 e. The van der Waals surface area contributed by atoms with Gasteiger partial charge in [0.05, 0.1) is 6.04 Å². The molecule has 24 heavy (non-hydrogen) atoms. The number of nitrogens with zero attached hydrogens (tertiary/aromatic N) is 1. The third-order valence-electron chi connectivity index (χ3n) is 4.27. The maximum atomic E-state index is 12.2. The third kappa shape index (κ3) is 4.99. The van der Waals surface area contributed by atoms with Gasteiger partial charge in [-0.25, -0.2) is 4.99 Å². The third-order valence-corrected chi connectivity index (χ3v) is 4.83. The number of aliphatic imine (C=N–C) groups is 1. The Hall–Kier alpha value is -1.51. The van der Waals surface area contributed by atoms with Crippen LogP contribution < -0.4 is 21.7 Å². The molecule has 0 radical (unpaired) electrons. The molecule has 1 heterocycles. The number of carbonyl (C=O) groups is 2. The summed E-state index contributed by atoms with van der Waals surface area (Å²) in [6, 6.07) is -0.569. The number of halogens is 1. The fourth-order valence-corrected chi connectivity index (χ4v) is 3.25. The Morgan fingerprint density at radius 1 is 1.38 bits per heavy atom. The number of thiocarbonyl (C=S) groups is 1. The molecule has 0 bridgehead atoms. The summed E-state index contributed by atoms with van der Waals surface area (Å²) in [5.74, 6) is -0.443. The van der Waals surface area contributed by atoms with E-state index in [1.807, 2.05) is 0 Å². The zero-order valence-corrected chi connectivity index (χ0v) is 15.0. The largest absolute Gasteiger partial charge is 0.367 e. The first-order valence-electron chi connectivity index (χ1n) is 7.89. The van der Waals surface area contributed by atoms with Crippen LogP contribution in [0.4, 0.5) is 0 Å². The van der Waals surface area contributed by atoms with E-state index in [2.05, 4.69) is 20.9 Å². The molecule has 7 nitrogen and oxygen atoms in total. The highest BCUT2D eigenvalue weighted by atomic mass is 35.5. The average molecular weight is 372 g/mol. The van der Waals surface area contributed by atoms with Crippen molar-refractivity contribution >= 4 is 46.8 Å². The number of carbonyl (C=O) groups excluding carboxylic acids is 2. The monoisotopic (exact) mass is 371 g/mol. The van der Waals surface area contributed by atoms with Crippen LogP contribution in [0, 0.1) is 5.92 Å². The van der Waals surface area contributed by atoms with Crippen LogP contribution in [-0.4, -0.2) is 48.2 Å². The molecule has 0 aromatic carbocycles. The van der Waals surface area contributed by atoms with Gasteiger partial charge in [0.15, 0.2) is 4.99 Å². The molecule has 1 unspecified atom stereocenters. The highest BCUT2D eigenvalue weighted by molar-refractivity contribution is 7.82. The van der Waals surface area contributed by atoms with Crippen molar-refractivity contribution in [2.45, 2.75) is 43.8 Å². The molecule has 2 amide bonds. The van der Waals surface area contributed by atoms with Gasteiger partial charge in [-0.2, -0.15) is 0 Å². The van der Waals surface area contributed by atoms with Gasteiger partial charge in [-0.1, -0.05) is 23.8 Å². The predicted octanol–water partition coefficient (Wildman–Crippen LogP) is 0.185. The van der Waals surface area contributed by atoms with E-state index in [1.165, 1.54) is 0 Å². The highest BCUT2D eigenvalue weighted by Gasteiger charge is 2.32. The maximum absolute atomic E-state index is 12.2. The second-order valence-corrected chi connectivity index (χ2v) is 6.78. The molecular formula is C15H22ClN5O2S. The normalized spacial score (nSPS) is 29.4. The van der Waals surface area contributed by atoms with Gasteiger partial charge in [0, 0.05) is 31.3 Å². The summed E-state index contributed by atoms with van der Waals surface area (Å²) in [4.78, 5) is 27.9. The predicted molar refractivity (Wildman–Crippen MR) is 97.9 cm³/mol. The number of rotatable bonds is 3. The van der Waals surface area contributed by atoms with Crippen LogP contribution >= 0.6 is 23.8 Å². The molecule has 4 atom stereocenters. The van der Waals surface area contributed by atoms with Crippen molar-refractivity contribution in [2.24, 2.45) is 16.6 Å². The standard InChI is InChI=1S/C15H22ClN5O2S/c1-18-13(22)8-2-4-11(10(17)6-8)21-15(24)14(23)20-9-3-5-12(16)19-7-9/h5,7-11H,2-4,6,17H2,1H3,(H,18,22)(H,20,23)(H,21,24)/t8-,9?,10+,11-/m0/s1. The Morgan fingerprint density at radius 2 is 2.12 bits per heavy atom. The topological polar surface area (TPSA) is 109 Å². The van der Waals surface area contributed by atoms with Crippen LogP contribution in [0.2, 0.25) is 0 Å². The van der Waals surface area contributed by atoms with Crippen LogP contribution in [0.3, 0.4) is 0 Å². The van der Waals surface area contributed by atoms with Gasteiger partial charge in [0.1, 0.15) is 5.16 Å². The van der Waals surface area contributed by atoms with E-state index in [-0.39, 0.29) is 40.8 Å². The Morgan fingerprint density at radius 3 is 2.71 bits per heavy atom. The van der Waals surface area contributed by atoms with Crippen molar-refractivity contribution in [2.75, 3.05) is 7.05 Å². The summed E-state index contributed by atoms with van der Waals surface area (Å²) in [6.45, 7) is 0. The van der Waals surface area contributed by atoms with Crippen LogP contribution in [-0.2, 0) is 9.59 Å². The van der Waals surface area contributed by atoms with Gasteiger partial charge in [0.2, 0.25) is 5.91 Å². The number of hydrogen-bond acceptors (Lipinski definition) is 5. The minimum absolute atomic E-state index is 0.00696. The van der Waals surface area contributed by atoms with Gasteiger partial charge >= 0.3 is 0 Å².